The average molecular weight is 467 g/mol. The maximum atomic E-state index is 12.4. The number of nitrogens with one attached hydrogen (secondary N) is 1. The summed E-state index contributed by atoms with van der Waals surface area (Å²) in [5, 5.41) is 4.69. The van der Waals surface area contributed by atoms with E-state index < -0.39 is 24.4 Å². The number of rotatable bonds is 5. The number of carbonyl (C=O) groups is 3. The Labute approximate surface area is 181 Å². The monoisotopic (exact) mass is 466 g/mol. The van der Waals surface area contributed by atoms with Crippen molar-refractivity contribution >= 4 is 55.9 Å². The third-order valence-corrected chi connectivity index (χ3v) is 5.53. The van der Waals surface area contributed by atoms with Crippen molar-refractivity contribution in [1.29, 1.82) is 0 Å². The van der Waals surface area contributed by atoms with Crippen LogP contribution in [0.25, 0.3) is 10.8 Å². The van der Waals surface area contributed by atoms with Crippen molar-refractivity contribution in [1.82, 2.24) is 0 Å². The van der Waals surface area contributed by atoms with E-state index in [1.165, 1.54) is 0 Å². The van der Waals surface area contributed by atoms with Gasteiger partial charge in [0.15, 0.2) is 6.61 Å². The predicted octanol–water partition coefficient (Wildman–Crippen LogP) is 4.14. The first-order valence-electron chi connectivity index (χ1n) is 9.51. The van der Waals surface area contributed by atoms with Crippen molar-refractivity contribution in [2.45, 2.75) is 6.42 Å². The van der Waals surface area contributed by atoms with Crippen LogP contribution in [-0.2, 0) is 19.1 Å². The summed E-state index contributed by atoms with van der Waals surface area (Å²) in [6, 6.07) is 20.6. The Morgan fingerprint density at radius 1 is 1.03 bits per heavy atom. The van der Waals surface area contributed by atoms with Crippen LogP contribution in [0.4, 0.5) is 11.4 Å². The topological polar surface area (TPSA) is 75.7 Å². The molecule has 0 saturated carbocycles. The molecule has 152 valence electrons. The quantitative estimate of drug-likeness (QED) is 0.573. The van der Waals surface area contributed by atoms with Crippen LogP contribution in [0.1, 0.15) is 6.42 Å². The van der Waals surface area contributed by atoms with Crippen LogP contribution in [0.3, 0.4) is 0 Å². The molecule has 7 heteroatoms. The fraction of sp³-hybridized carbons (Fsp3) is 0.174. The Morgan fingerprint density at radius 2 is 1.77 bits per heavy atom. The van der Waals surface area contributed by atoms with Gasteiger partial charge in [-0.3, -0.25) is 14.4 Å². The lowest BCUT2D eigenvalue weighted by molar-refractivity contribution is -0.151. The average Bonchev–Trinajstić information content (AvgIpc) is 3.14. The molecule has 1 N–H and O–H groups in total. The van der Waals surface area contributed by atoms with Crippen LogP contribution in [0, 0.1) is 5.92 Å². The highest BCUT2D eigenvalue weighted by atomic mass is 79.9. The van der Waals surface area contributed by atoms with Gasteiger partial charge in [-0.1, -0.05) is 52.3 Å². The molecule has 1 saturated heterocycles. The van der Waals surface area contributed by atoms with Crippen LogP contribution in [0.5, 0.6) is 0 Å². The zero-order valence-electron chi connectivity index (χ0n) is 16.0. The minimum absolute atomic E-state index is 0.0693. The van der Waals surface area contributed by atoms with Gasteiger partial charge >= 0.3 is 5.97 Å². The normalized spacial score (nSPS) is 16.0. The maximum absolute atomic E-state index is 12.4. The van der Waals surface area contributed by atoms with Gasteiger partial charge in [0, 0.05) is 34.2 Å². The highest BCUT2D eigenvalue weighted by Gasteiger charge is 2.36. The molecule has 0 radical (unpaired) electrons. The fourth-order valence-electron chi connectivity index (χ4n) is 3.51. The zero-order valence-corrected chi connectivity index (χ0v) is 17.6. The molecule has 2 amide bonds. The Kier molecular flexibility index (Phi) is 5.81. The lowest BCUT2D eigenvalue weighted by atomic mass is 10.1. The van der Waals surface area contributed by atoms with Gasteiger partial charge in [-0.2, -0.15) is 0 Å². The molecule has 1 atom stereocenters. The second-order valence-corrected chi connectivity index (χ2v) is 7.98. The number of nitrogens with zero attached hydrogens (tertiary/aromatic N) is 1. The number of hydrogen-bond acceptors (Lipinski definition) is 4. The molecule has 6 nitrogen and oxygen atoms in total. The molecule has 30 heavy (non-hydrogen) atoms. The van der Waals surface area contributed by atoms with Crippen LogP contribution in [0.15, 0.2) is 71.2 Å². The van der Waals surface area contributed by atoms with Crippen LogP contribution >= 0.6 is 15.9 Å². The number of halogens is 1. The van der Waals surface area contributed by atoms with E-state index in [1.54, 1.807) is 11.0 Å². The van der Waals surface area contributed by atoms with E-state index in [0.717, 1.165) is 20.9 Å². The molecule has 4 rings (SSSR count). The fourth-order valence-corrected chi connectivity index (χ4v) is 3.78. The van der Waals surface area contributed by atoms with Gasteiger partial charge in [-0.25, -0.2) is 0 Å². The summed E-state index contributed by atoms with van der Waals surface area (Å²) in [6.07, 6.45) is 0.0693. The Hall–Kier alpha value is -3.19. The van der Waals surface area contributed by atoms with E-state index in [0.29, 0.717) is 5.69 Å². The summed E-state index contributed by atoms with van der Waals surface area (Å²) in [6.45, 7) is -0.157. The number of fused-ring (bicyclic) bond motifs is 1. The molecule has 1 fully saturated rings. The van der Waals surface area contributed by atoms with Crippen molar-refractivity contribution in [3.63, 3.8) is 0 Å². The van der Waals surface area contributed by atoms with Crippen LogP contribution in [-0.4, -0.2) is 30.9 Å². The lowest BCUT2D eigenvalue weighted by Crippen LogP contribution is -2.28. The summed E-state index contributed by atoms with van der Waals surface area (Å²) in [5.74, 6) is -1.70. The summed E-state index contributed by atoms with van der Waals surface area (Å²) < 4.78 is 6.09. The van der Waals surface area contributed by atoms with Crippen molar-refractivity contribution in [3.05, 3.63) is 71.2 Å². The van der Waals surface area contributed by atoms with E-state index in [4.69, 9.17) is 4.74 Å². The molecule has 0 unspecified atom stereocenters. The number of benzene rings is 3. The molecule has 0 spiro atoms. The zero-order chi connectivity index (χ0) is 21.1. The Morgan fingerprint density at radius 3 is 2.57 bits per heavy atom. The van der Waals surface area contributed by atoms with Crippen molar-refractivity contribution in [2.24, 2.45) is 5.92 Å². The van der Waals surface area contributed by atoms with Gasteiger partial charge in [0.25, 0.3) is 5.91 Å². The number of carbonyl (C=O) groups excluding carboxylic acids is 3. The third kappa shape index (κ3) is 4.36. The lowest BCUT2D eigenvalue weighted by Gasteiger charge is -2.16. The number of amides is 2. The molecule has 1 aliphatic rings. The number of esters is 1. The molecule has 0 bridgehead atoms. The first kappa shape index (κ1) is 20.1. The molecular formula is C23H19BrN2O4. The van der Waals surface area contributed by atoms with Crippen molar-refractivity contribution < 1.29 is 19.1 Å². The minimum Gasteiger partial charge on any atom is -0.455 e. The standard InChI is InChI=1S/C23H19BrN2O4/c24-17-8-10-18(11-9-17)26-13-16(12-22(26)28)23(29)30-14-21(27)25-20-7-3-5-15-4-1-2-6-19(15)20/h1-11,16H,12-14H2,(H,25,27)/t16-/m0/s1. The molecule has 1 aliphatic heterocycles. The van der Waals surface area contributed by atoms with Crippen LogP contribution in [0.2, 0.25) is 0 Å². The second-order valence-electron chi connectivity index (χ2n) is 7.06. The first-order valence-corrected chi connectivity index (χ1v) is 10.3. The summed E-state index contributed by atoms with van der Waals surface area (Å²) >= 11 is 3.36. The smallest absolute Gasteiger partial charge is 0.311 e. The predicted molar refractivity (Wildman–Crippen MR) is 118 cm³/mol. The minimum atomic E-state index is -0.591. The SMILES string of the molecule is O=C(COC(=O)[C@H]1CC(=O)N(c2ccc(Br)cc2)C1)Nc1cccc2ccccc12. The Balaban J connectivity index is 1.34. The molecule has 0 aromatic heterocycles. The third-order valence-electron chi connectivity index (χ3n) is 5.01. The first-order chi connectivity index (χ1) is 14.5. The van der Waals surface area contributed by atoms with Gasteiger partial charge in [-0.05, 0) is 35.7 Å². The summed E-state index contributed by atoms with van der Waals surface area (Å²) in [5.41, 5.74) is 1.39. The van der Waals surface area contributed by atoms with Gasteiger partial charge in [-0.15, -0.1) is 0 Å². The second kappa shape index (κ2) is 8.67. The van der Waals surface area contributed by atoms with Gasteiger partial charge < -0.3 is 15.0 Å². The highest BCUT2D eigenvalue weighted by Crippen LogP contribution is 2.27. The van der Waals surface area contributed by atoms with Gasteiger partial charge in [0.05, 0.1) is 5.92 Å². The number of hydrogen-bond donors (Lipinski definition) is 1. The summed E-state index contributed by atoms with van der Waals surface area (Å²) in [7, 11) is 0. The maximum Gasteiger partial charge on any atom is 0.311 e. The van der Waals surface area contributed by atoms with E-state index in [-0.39, 0.29) is 18.9 Å². The van der Waals surface area contributed by atoms with Crippen molar-refractivity contribution in [2.75, 3.05) is 23.4 Å². The molecule has 3 aromatic rings. The Bertz CT molecular complexity index is 1110. The number of anilines is 2. The molecular weight excluding hydrogens is 448 g/mol. The highest BCUT2D eigenvalue weighted by molar-refractivity contribution is 9.10. The molecule has 3 aromatic carbocycles. The van der Waals surface area contributed by atoms with E-state index in [2.05, 4.69) is 21.2 Å². The largest absolute Gasteiger partial charge is 0.455 e. The van der Waals surface area contributed by atoms with Crippen LogP contribution < -0.4 is 10.2 Å². The van der Waals surface area contributed by atoms with Gasteiger partial charge in [0.1, 0.15) is 0 Å². The van der Waals surface area contributed by atoms with E-state index >= 15 is 0 Å². The number of ether oxygens (including phenoxy) is 1. The van der Waals surface area contributed by atoms with Crippen molar-refractivity contribution in [3.8, 4) is 0 Å². The van der Waals surface area contributed by atoms with E-state index in [1.807, 2.05) is 60.7 Å². The summed E-state index contributed by atoms with van der Waals surface area (Å²) in [4.78, 5) is 38.6. The molecule has 0 aliphatic carbocycles. The molecule has 1 heterocycles. The van der Waals surface area contributed by atoms with Gasteiger partial charge in [0.2, 0.25) is 5.91 Å². The van der Waals surface area contributed by atoms with E-state index in [9.17, 15) is 14.4 Å².